The van der Waals surface area contributed by atoms with E-state index in [-0.39, 0.29) is 29.2 Å². The Morgan fingerprint density at radius 1 is 1.56 bits per heavy atom. The lowest BCUT2D eigenvalue weighted by molar-refractivity contribution is -0.154. The van der Waals surface area contributed by atoms with Gasteiger partial charge in [0.2, 0.25) is 0 Å². The highest BCUT2D eigenvalue weighted by atomic mass is 35.5. The molecule has 136 valence electrons. The fourth-order valence-corrected chi connectivity index (χ4v) is 4.67. The third kappa shape index (κ3) is 3.18. The first-order valence-corrected chi connectivity index (χ1v) is 9.17. The summed E-state index contributed by atoms with van der Waals surface area (Å²) in [5.41, 5.74) is -0.954. The number of nitrogens with one attached hydrogen (secondary N) is 1. The molecule has 1 fully saturated rings. The van der Waals surface area contributed by atoms with Crippen LogP contribution in [0.3, 0.4) is 0 Å². The summed E-state index contributed by atoms with van der Waals surface area (Å²) in [5, 5.41) is 19.2. The molecule has 1 heterocycles. The number of hydrogen-bond acceptors (Lipinski definition) is 6. The van der Waals surface area contributed by atoms with Crippen LogP contribution in [0.1, 0.15) is 24.5 Å². The Morgan fingerprint density at radius 2 is 2.20 bits per heavy atom. The van der Waals surface area contributed by atoms with E-state index in [1.54, 1.807) is 6.92 Å². The molecule has 0 spiro atoms. The highest BCUT2D eigenvalue weighted by Gasteiger charge is 2.56. The third-order valence-electron chi connectivity index (χ3n) is 4.41. The molecule has 1 saturated heterocycles. The number of methoxy groups -OCH3 is 1. The number of carbonyl (C=O) groups is 1. The molecule has 1 aromatic rings. The van der Waals surface area contributed by atoms with Crippen LogP contribution < -0.4 is 4.72 Å². The number of hydrogen-bond donors (Lipinski definition) is 2. The van der Waals surface area contributed by atoms with Crippen LogP contribution in [0, 0.1) is 18.3 Å². The SMILES string of the molecule is COC(=O)C1(C)C(O)CCN1S(=O)(=O)Nc1ccc(C#N)c(Cl)c1C. The molecular formula is C15H18ClN3O5S. The Morgan fingerprint density at radius 3 is 2.76 bits per heavy atom. The number of carbonyl (C=O) groups excluding carboxylic acids is 1. The van der Waals surface area contributed by atoms with Gasteiger partial charge in [0.15, 0.2) is 5.54 Å². The normalized spacial score (nSPS) is 23.9. The molecule has 1 aliphatic heterocycles. The van der Waals surface area contributed by atoms with Crippen molar-refractivity contribution < 1.29 is 23.1 Å². The first kappa shape index (κ1) is 19.5. The second-order valence-electron chi connectivity index (χ2n) is 5.83. The van der Waals surface area contributed by atoms with Crippen LogP contribution in [0.15, 0.2) is 12.1 Å². The number of benzene rings is 1. The summed E-state index contributed by atoms with van der Waals surface area (Å²) in [4.78, 5) is 12.1. The van der Waals surface area contributed by atoms with Gasteiger partial charge < -0.3 is 9.84 Å². The lowest BCUT2D eigenvalue weighted by Gasteiger charge is -2.33. The number of nitriles is 1. The zero-order valence-corrected chi connectivity index (χ0v) is 15.5. The molecule has 2 rings (SSSR count). The van der Waals surface area contributed by atoms with Crippen LogP contribution in [-0.2, 0) is 19.7 Å². The van der Waals surface area contributed by atoms with Gasteiger partial charge in [-0.3, -0.25) is 4.72 Å². The van der Waals surface area contributed by atoms with Gasteiger partial charge in [0.05, 0.1) is 29.5 Å². The van der Waals surface area contributed by atoms with E-state index >= 15 is 0 Å². The average Bonchev–Trinajstić information content (AvgIpc) is 2.88. The molecule has 2 atom stereocenters. The van der Waals surface area contributed by atoms with Gasteiger partial charge in [-0.1, -0.05) is 11.6 Å². The van der Waals surface area contributed by atoms with Gasteiger partial charge >= 0.3 is 16.2 Å². The molecule has 1 aliphatic rings. The molecule has 1 aromatic carbocycles. The van der Waals surface area contributed by atoms with Gasteiger partial charge in [0.25, 0.3) is 0 Å². The van der Waals surface area contributed by atoms with Crippen molar-refractivity contribution >= 4 is 33.5 Å². The lowest BCUT2D eigenvalue weighted by Crippen LogP contribution is -2.57. The summed E-state index contributed by atoms with van der Waals surface area (Å²) >= 11 is 6.05. The maximum absolute atomic E-state index is 12.8. The molecule has 8 nitrogen and oxygen atoms in total. The lowest BCUT2D eigenvalue weighted by atomic mass is 9.97. The summed E-state index contributed by atoms with van der Waals surface area (Å²) in [6.07, 6.45) is -1.10. The maximum Gasteiger partial charge on any atom is 0.329 e. The van der Waals surface area contributed by atoms with Crippen LogP contribution in [0.2, 0.25) is 5.02 Å². The number of aliphatic hydroxyl groups is 1. The van der Waals surface area contributed by atoms with Gasteiger partial charge in [-0.25, -0.2) is 4.79 Å². The molecule has 0 aliphatic carbocycles. The van der Waals surface area contributed by atoms with Crippen molar-refractivity contribution in [3.8, 4) is 6.07 Å². The van der Waals surface area contributed by atoms with Crippen LogP contribution in [0.4, 0.5) is 5.69 Å². The van der Waals surface area contributed by atoms with Crippen LogP contribution in [0.25, 0.3) is 0 Å². The molecule has 25 heavy (non-hydrogen) atoms. The summed E-state index contributed by atoms with van der Waals surface area (Å²) in [6, 6.07) is 4.72. The number of halogens is 1. The number of anilines is 1. The minimum atomic E-state index is -4.19. The van der Waals surface area contributed by atoms with Crippen molar-refractivity contribution in [3.05, 3.63) is 28.3 Å². The standard InChI is InChI=1S/C15H18ClN3O5S/c1-9-11(5-4-10(8-17)13(9)16)18-25(22,23)19-7-6-12(20)15(19,2)14(21)24-3/h4-5,12,18,20H,6-7H2,1-3H3. The topological polar surface area (TPSA) is 120 Å². The van der Waals surface area contributed by atoms with E-state index in [1.165, 1.54) is 19.1 Å². The first-order chi connectivity index (χ1) is 11.6. The van der Waals surface area contributed by atoms with E-state index in [4.69, 9.17) is 16.9 Å². The first-order valence-electron chi connectivity index (χ1n) is 7.35. The van der Waals surface area contributed by atoms with Crippen LogP contribution in [0.5, 0.6) is 0 Å². The van der Waals surface area contributed by atoms with Crippen LogP contribution >= 0.6 is 11.6 Å². The van der Waals surface area contributed by atoms with Gasteiger partial charge in [-0.15, -0.1) is 0 Å². The molecule has 0 radical (unpaired) electrons. The maximum atomic E-state index is 12.8. The zero-order chi connectivity index (χ0) is 19.0. The Labute approximate surface area is 151 Å². The number of esters is 1. The second kappa shape index (κ2) is 6.80. The fourth-order valence-electron chi connectivity index (χ4n) is 2.81. The predicted octanol–water partition coefficient (Wildman–Crippen LogP) is 1.18. The summed E-state index contributed by atoms with van der Waals surface area (Å²) in [5.74, 6) is -0.850. The van der Waals surface area contributed by atoms with E-state index in [1.807, 2.05) is 6.07 Å². The van der Waals surface area contributed by atoms with Crippen molar-refractivity contribution in [3.63, 3.8) is 0 Å². The van der Waals surface area contributed by atoms with Crippen molar-refractivity contribution in [1.82, 2.24) is 4.31 Å². The highest BCUT2D eigenvalue weighted by molar-refractivity contribution is 7.90. The van der Waals surface area contributed by atoms with Gasteiger partial charge in [-0.05, 0) is 38.0 Å². The molecule has 2 N–H and O–H groups in total. The third-order valence-corrected chi connectivity index (χ3v) is 6.51. The number of aliphatic hydroxyl groups excluding tert-OH is 1. The number of rotatable bonds is 4. The van der Waals surface area contributed by atoms with E-state index in [0.29, 0.717) is 5.56 Å². The number of nitrogens with zero attached hydrogens (tertiary/aromatic N) is 2. The Kier molecular flexibility index (Phi) is 5.30. The fraction of sp³-hybridized carbons (Fsp3) is 0.467. The molecule has 0 saturated carbocycles. The van der Waals surface area contributed by atoms with Crippen molar-refractivity contribution in [2.75, 3.05) is 18.4 Å². The van der Waals surface area contributed by atoms with E-state index in [2.05, 4.69) is 9.46 Å². The molecule has 2 unspecified atom stereocenters. The average molecular weight is 388 g/mol. The Hall–Kier alpha value is -1.86. The summed E-state index contributed by atoms with van der Waals surface area (Å²) in [6.45, 7) is 2.83. The largest absolute Gasteiger partial charge is 0.468 e. The minimum Gasteiger partial charge on any atom is -0.468 e. The molecule has 10 heteroatoms. The molecule has 0 bridgehead atoms. The zero-order valence-electron chi connectivity index (χ0n) is 13.9. The summed E-state index contributed by atoms with van der Waals surface area (Å²) < 4.78 is 33.5. The van der Waals surface area contributed by atoms with E-state index < -0.39 is 27.8 Å². The second-order valence-corrected chi connectivity index (χ2v) is 7.81. The Balaban J connectivity index is 2.42. The monoisotopic (exact) mass is 387 g/mol. The van der Waals surface area contributed by atoms with Gasteiger partial charge in [0.1, 0.15) is 6.07 Å². The van der Waals surface area contributed by atoms with E-state index in [0.717, 1.165) is 11.4 Å². The Bertz CT molecular complexity index is 851. The van der Waals surface area contributed by atoms with Gasteiger partial charge in [0, 0.05) is 6.54 Å². The smallest absolute Gasteiger partial charge is 0.329 e. The van der Waals surface area contributed by atoms with Crippen molar-refractivity contribution in [1.29, 1.82) is 5.26 Å². The highest BCUT2D eigenvalue weighted by Crippen LogP contribution is 2.35. The van der Waals surface area contributed by atoms with Gasteiger partial charge in [-0.2, -0.15) is 18.0 Å². The molecule has 0 amide bonds. The van der Waals surface area contributed by atoms with Crippen molar-refractivity contribution in [2.45, 2.75) is 31.9 Å². The molecule has 0 aromatic heterocycles. The number of ether oxygens (including phenoxy) is 1. The molecular weight excluding hydrogens is 370 g/mol. The predicted molar refractivity (Wildman–Crippen MR) is 91.2 cm³/mol. The quantitative estimate of drug-likeness (QED) is 0.748. The van der Waals surface area contributed by atoms with E-state index in [9.17, 15) is 18.3 Å². The minimum absolute atomic E-state index is 0.0504. The van der Waals surface area contributed by atoms with Crippen molar-refractivity contribution in [2.24, 2.45) is 0 Å². The van der Waals surface area contributed by atoms with Crippen LogP contribution in [-0.4, -0.2) is 49.1 Å². The summed E-state index contributed by atoms with van der Waals surface area (Å²) in [7, 11) is -3.06.